The molecule has 2 aromatic rings. The van der Waals surface area contributed by atoms with Crippen molar-refractivity contribution in [2.75, 3.05) is 14.2 Å². The maximum atomic E-state index is 5.21. The molecular weight excluding hydrogens is 248 g/mol. The molecule has 2 rings (SSSR count). The Hall–Kier alpha value is -2.22. The van der Waals surface area contributed by atoms with Crippen LogP contribution in [-0.2, 0) is 0 Å². The van der Waals surface area contributed by atoms with Gasteiger partial charge in [-0.05, 0) is 47.4 Å². The van der Waals surface area contributed by atoms with Crippen LogP contribution in [0.25, 0.3) is 5.57 Å². The van der Waals surface area contributed by atoms with Crippen LogP contribution in [-0.4, -0.2) is 14.2 Å². The fraction of sp³-hybridized carbons (Fsp3) is 0.222. The van der Waals surface area contributed by atoms with Gasteiger partial charge in [-0.15, -0.1) is 0 Å². The van der Waals surface area contributed by atoms with E-state index < -0.39 is 0 Å². The van der Waals surface area contributed by atoms with Gasteiger partial charge < -0.3 is 9.47 Å². The molecule has 0 saturated heterocycles. The van der Waals surface area contributed by atoms with Crippen molar-refractivity contribution in [1.29, 1.82) is 0 Å². The second kappa shape index (κ2) is 6.80. The molecule has 0 aromatic heterocycles. The molecule has 0 amide bonds. The molecule has 0 bridgehead atoms. The summed E-state index contributed by atoms with van der Waals surface area (Å²) in [5.74, 6) is 1.75. The van der Waals surface area contributed by atoms with E-state index in [2.05, 4.69) is 37.3 Å². The third-order valence-electron chi connectivity index (χ3n) is 3.21. The molecule has 0 fully saturated rings. The molecule has 0 radical (unpaired) electrons. The van der Waals surface area contributed by atoms with E-state index in [4.69, 9.17) is 9.47 Å². The highest BCUT2D eigenvalue weighted by atomic mass is 16.5. The van der Waals surface area contributed by atoms with Crippen LogP contribution >= 0.6 is 0 Å². The van der Waals surface area contributed by atoms with E-state index in [9.17, 15) is 0 Å². The summed E-state index contributed by atoms with van der Waals surface area (Å²) < 4.78 is 10.4. The molecule has 20 heavy (non-hydrogen) atoms. The second-order valence-electron chi connectivity index (χ2n) is 4.48. The molecule has 0 unspecified atom stereocenters. The second-order valence-corrected chi connectivity index (χ2v) is 4.48. The van der Waals surface area contributed by atoms with Crippen molar-refractivity contribution < 1.29 is 9.47 Å². The highest BCUT2D eigenvalue weighted by molar-refractivity contribution is 5.80. The molecule has 2 heteroatoms. The molecule has 0 atom stereocenters. The fourth-order valence-corrected chi connectivity index (χ4v) is 2.15. The zero-order chi connectivity index (χ0) is 14.4. The fourth-order valence-electron chi connectivity index (χ4n) is 2.15. The Morgan fingerprint density at radius 3 is 1.50 bits per heavy atom. The number of hydrogen-bond donors (Lipinski definition) is 0. The lowest BCUT2D eigenvalue weighted by molar-refractivity contribution is 0.414. The highest BCUT2D eigenvalue weighted by Crippen LogP contribution is 2.27. The third kappa shape index (κ3) is 3.21. The summed E-state index contributed by atoms with van der Waals surface area (Å²) in [5, 5.41) is 0. The van der Waals surface area contributed by atoms with Crippen LogP contribution in [0.4, 0.5) is 0 Å². The number of hydrogen-bond acceptors (Lipinski definition) is 2. The largest absolute Gasteiger partial charge is 0.497 e. The zero-order valence-electron chi connectivity index (χ0n) is 12.2. The lowest BCUT2D eigenvalue weighted by Crippen LogP contribution is -1.90. The van der Waals surface area contributed by atoms with Crippen molar-refractivity contribution in [2.24, 2.45) is 0 Å². The first-order chi connectivity index (χ1) is 9.78. The first kappa shape index (κ1) is 14.2. The Bertz CT molecular complexity index is 516. The van der Waals surface area contributed by atoms with Crippen LogP contribution in [0.1, 0.15) is 24.5 Å². The lowest BCUT2D eigenvalue weighted by Gasteiger charge is -2.10. The first-order valence-corrected chi connectivity index (χ1v) is 6.77. The van der Waals surface area contributed by atoms with Crippen molar-refractivity contribution in [3.8, 4) is 11.5 Å². The zero-order valence-corrected chi connectivity index (χ0v) is 12.2. The number of benzene rings is 2. The van der Waals surface area contributed by atoms with Gasteiger partial charge in [-0.1, -0.05) is 37.3 Å². The molecule has 0 heterocycles. The number of methoxy groups -OCH3 is 2. The molecule has 0 N–H and O–H groups in total. The van der Waals surface area contributed by atoms with Gasteiger partial charge >= 0.3 is 0 Å². The first-order valence-electron chi connectivity index (χ1n) is 6.77. The molecule has 2 aromatic carbocycles. The SMILES string of the molecule is CCC=C(c1ccc(OC)cc1)c1ccc(OC)cc1. The van der Waals surface area contributed by atoms with Crippen molar-refractivity contribution in [3.05, 3.63) is 65.7 Å². The Balaban J connectivity index is 2.36. The topological polar surface area (TPSA) is 18.5 Å². The van der Waals surface area contributed by atoms with Gasteiger partial charge in [0, 0.05) is 0 Å². The molecule has 0 aliphatic heterocycles. The normalized spacial score (nSPS) is 9.95. The van der Waals surface area contributed by atoms with Gasteiger partial charge in [-0.2, -0.15) is 0 Å². The smallest absolute Gasteiger partial charge is 0.118 e. The summed E-state index contributed by atoms with van der Waals surface area (Å²) in [5.41, 5.74) is 3.62. The summed E-state index contributed by atoms with van der Waals surface area (Å²) in [6.45, 7) is 2.15. The van der Waals surface area contributed by atoms with Gasteiger partial charge in [0.2, 0.25) is 0 Å². The summed E-state index contributed by atoms with van der Waals surface area (Å²) in [7, 11) is 3.36. The Morgan fingerprint density at radius 2 is 1.20 bits per heavy atom. The quantitative estimate of drug-likeness (QED) is 0.792. The lowest BCUT2D eigenvalue weighted by atomic mass is 9.97. The van der Waals surface area contributed by atoms with E-state index in [1.54, 1.807) is 14.2 Å². The van der Waals surface area contributed by atoms with Crippen LogP contribution in [0.15, 0.2) is 54.6 Å². The van der Waals surface area contributed by atoms with E-state index >= 15 is 0 Å². The molecule has 0 aliphatic carbocycles. The molecule has 104 valence electrons. The van der Waals surface area contributed by atoms with E-state index in [-0.39, 0.29) is 0 Å². The van der Waals surface area contributed by atoms with Crippen LogP contribution in [0.3, 0.4) is 0 Å². The van der Waals surface area contributed by atoms with Crippen molar-refractivity contribution >= 4 is 5.57 Å². The maximum absolute atomic E-state index is 5.21. The Morgan fingerprint density at radius 1 is 0.800 bits per heavy atom. The van der Waals surface area contributed by atoms with Crippen LogP contribution in [0.2, 0.25) is 0 Å². The van der Waals surface area contributed by atoms with Gasteiger partial charge in [-0.25, -0.2) is 0 Å². The van der Waals surface area contributed by atoms with Crippen molar-refractivity contribution in [2.45, 2.75) is 13.3 Å². The average Bonchev–Trinajstić information content (AvgIpc) is 2.53. The number of ether oxygens (including phenoxy) is 2. The predicted molar refractivity (Wildman–Crippen MR) is 83.4 cm³/mol. The van der Waals surface area contributed by atoms with Gasteiger partial charge in [0.05, 0.1) is 14.2 Å². The van der Waals surface area contributed by atoms with Crippen molar-refractivity contribution in [1.82, 2.24) is 0 Å². The molecule has 2 nitrogen and oxygen atoms in total. The van der Waals surface area contributed by atoms with Gasteiger partial charge in [0.15, 0.2) is 0 Å². The molecule has 0 spiro atoms. The summed E-state index contributed by atoms with van der Waals surface area (Å²) in [6.07, 6.45) is 3.23. The minimum Gasteiger partial charge on any atom is -0.497 e. The summed E-state index contributed by atoms with van der Waals surface area (Å²) in [6, 6.07) is 16.3. The standard InChI is InChI=1S/C18H20O2/c1-4-5-18(14-6-10-16(19-2)11-7-14)15-8-12-17(20-3)13-9-15/h5-13H,4H2,1-3H3. The monoisotopic (exact) mass is 268 g/mol. The van der Waals surface area contributed by atoms with Crippen molar-refractivity contribution in [3.63, 3.8) is 0 Å². The Kier molecular flexibility index (Phi) is 4.83. The molecule has 0 saturated carbocycles. The summed E-state index contributed by atoms with van der Waals surface area (Å²) in [4.78, 5) is 0. The minimum atomic E-state index is 0.874. The van der Waals surface area contributed by atoms with Gasteiger partial charge in [0.25, 0.3) is 0 Å². The predicted octanol–water partition coefficient (Wildman–Crippen LogP) is 4.55. The van der Waals surface area contributed by atoms with E-state index in [0.29, 0.717) is 0 Å². The highest BCUT2D eigenvalue weighted by Gasteiger charge is 2.05. The average molecular weight is 268 g/mol. The Labute approximate surface area is 120 Å². The molecular formula is C18H20O2. The van der Waals surface area contributed by atoms with E-state index in [1.807, 2.05) is 24.3 Å². The van der Waals surface area contributed by atoms with E-state index in [1.165, 1.54) is 16.7 Å². The van der Waals surface area contributed by atoms with Gasteiger partial charge in [0.1, 0.15) is 11.5 Å². The molecule has 0 aliphatic rings. The van der Waals surface area contributed by atoms with Crippen LogP contribution in [0.5, 0.6) is 11.5 Å². The van der Waals surface area contributed by atoms with Gasteiger partial charge in [-0.3, -0.25) is 0 Å². The minimum absolute atomic E-state index is 0.874. The van der Waals surface area contributed by atoms with Crippen LogP contribution < -0.4 is 9.47 Å². The van der Waals surface area contributed by atoms with Crippen LogP contribution in [0, 0.1) is 0 Å². The summed E-state index contributed by atoms with van der Waals surface area (Å²) >= 11 is 0. The third-order valence-corrected chi connectivity index (χ3v) is 3.21. The maximum Gasteiger partial charge on any atom is 0.118 e. The number of rotatable bonds is 5. The number of allylic oxidation sites excluding steroid dienone is 1. The van der Waals surface area contributed by atoms with E-state index in [0.717, 1.165) is 17.9 Å².